The van der Waals surface area contributed by atoms with Gasteiger partial charge >= 0.3 is 0 Å². The van der Waals surface area contributed by atoms with Crippen LogP contribution in [0.15, 0.2) is 12.1 Å². The van der Waals surface area contributed by atoms with Gasteiger partial charge in [-0.25, -0.2) is 0 Å². The number of nitrogens with one attached hydrogen (secondary N) is 1. The fourth-order valence-corrected chi connectivity index (χ4v) is 2.27. The summed E-state index contributed by atoms with van der Waals surface area (Å²) in [6.07, 6.45) is 2.61. The molecule has 4 heteroatoms. The van der Waals surface area contributed by atoms with Crippen molar-refractivity contribution in [2.45, 2.75) is 24.9 Å². The van der Waals surface area contributed by atoms with Gasteiger partial charge in [0, 0.05) is 17.5 Å². The smallest absolute Gasteiger partial charge is 0.0931 e. The van der Waals surface area contributed by atoms with E-state index in [0.29, 0.717) is 0 Å². The Balaban J connectivity index is 1.84. The molecule has 0 bridgehead atoms. The molecule has 1 aliphatic rings. The highest BCUT2D eigenvalue weighted by molar-refractivity contribution is 7.16. The maximum absolute atomic E-state index is 5.97. The lowest BCUT2D eigenvalue weighted by Gasteiger charge is -2.09. The maximum atomic E-state index is 5.97. The maximum Gasteiger partial charge on any atom is 0.0931 e. The fourth-order valence-electron chi connectivity index (χ4n) is 1.21. The zero-order valence-corrected chi connectivity index (χ0v) is 8.87. The van der Waals surface area contributed by atoms with E-state index in [1.54, 1.807) is 11.3 Å². The van der Waals surface area contributed by atoms with Gasteiger partial charge in [-0.15, -0.1) is 11.3 Å². The van der Waals surface area contributed by atoms with Crippen molar-refractivity contribution in [2.75, 3.05) is 6.54 Å². The molecule has 2 nitrogen and oxygen atoms in total. The first kappa shape index (κ1) is 9.46. The quantitative estimate of drug-likeness (QED) is 0.810. The third-order valence-corrected chi connectivity index (χ3v) is 3.53. The second kappa shape index (κ2) is 3.96. The molecule has 1 aromatic rings. The second-order valence-electron chi connectivity index (χ2n) is 3.43. The molecule has 0 spiro atoms. The van der Waals surface area contributed by atoms with Gasteiger partial charge in [-0.2, -0.15) is 0 Å². The summed E-state index contributed by atoms with van der Waals surface area (Å²) >= 11 is 7.39. The Hall–Kier alpha value is -0.0900. The summed E-state index contributed by atoms with van der Waals surface area (Å²) in [5.41, 5.74) is 5.97. The van der Waals surface area contributed by atoms with Crippen LogP contribution in [-0.4, -0.2) is 12.6 Å². The van der Waals surface area contributed by atoms with Crippen molar-refractivity contribution < 1.29 is 0 Å². The van der Waals surface area contributed by atoms with Gasteiger partial charge in [0.05, 0.1) is 10.4 Å². The molecule has 3 N–H and O–H groups in total. The topological polar surface area (TPSA) is 38.0 Å². The van der Waals surface area contributed by atoms with Crippen molar-refractivity contribution in [3.8, 4) is 0 Å². The number of halogens is 1. The van der Waals surface area contributed by atoms with Gasteiger partial charge in [0.1, 0.15) is 0 Å². The number of hydrogen-bond acceptors (Lipinski definition) is 3. The molecule has 1 saturated carbocycles. The van der Waals surface area contributed by atoms with Gasteiger partial charge < -0.3 is 11.1 Å². The largest absolute Gasteiger partial charge is 0.322 e. The number of nitrogens with two attached hydrogens (primary N) is 1. The highest BCUT2D eigenvalue weighted by atomic mass is 35.5. The Morgan fingerprint density at radius 3 is 2.92 bits per heavy atom. The van der Waals surface area contributed by atoms with Crippen LogP contribution in [0.1, 0.15) is 23.8 Å². The first-order valence-electron chi connectivity index (χ1n) is 4.50. The molecule has 0 amide bonds. The normalized spacial score (nSPS) is 18.9. The van der Waals surface area contributed by atoms with Crippen molar-refractivity contribution in [3.05, 3.63) is 21.3 Å². The fraction of sp³-hybridized carbons (Fsp3) is 0.556. The standard InChI is InChI=1S/C9H13ClN2S/c10-9-4-3-8(13-9)7(11)5-12-6-1-2-6/h3-4,6-7,12H,1-2,5,11H2. The van der Waals surface area contributed by atoms with Crippen LogP contribution in [0.3, 0.4) is 0 Å². The van der Waals surface area contributed by atoms with Gasteiger partial charge in [0.15, 0.2) is 0 Å². The molecular formula is C9H13ClN2S. The minimum absolute atomic E-state index is 0.0955. The van der Waals surface area contributed by atoms with E-state index in [-0.39, 0.29) is 6.04 Å². The van der Waals surface area contributed by atoms with Crippen molar-refractivity contribution >= 4 is 22.9 Å². The van der Waals surface area contributed by atoms with E-state index in [2.05, 4.69) is 5.32 Å². The Kier molecular flexibility index (Phi) is 2.89. The van der Waals surface area contributed by atoms with Crippen molar-refractivity contribution in [2.24, 2.45) is 5.73 Å². The molecule has 1 heterocycles. The number of rotatable bonds is 4. The average molecular weight is 217 g/mol. The monoisotopic (exact) mass is 216 g/mol. The van der Waals surface area contributed by atoms with Crippen LogP contribution in [0.25, 0.3) is 0 Å². The zero-order chi connectivity index (χ0) is 9.26. The van der Waals surface area contributed by atoms with E-state index >= 15 is 0 Å². The second-order valence-corrected chi connectivity index (χ2v) is 5.18. The SMILES string of the molecule is NC(CNC1CC1)c1ccc(Cl)s1. The van der Waals surface area contributed by atoms with Gasteiger partial charge in [0.25, 0.3) is 0 Å². The lowest BCUT2D eigenvalue weighted by Crippen LogP contribution is -2.27. The minimum atomic E-state index is 0.0955. The van der Waals surface area contributed by atoms with Gasteiger partial charge in [-0.3, -0.25) is 0 Å². The Morgan fingerprint density at radius 2 is 2.38 bits per heavy atom. The summed E-state index contributed by atoms with van der Waals surface area (Å²) in [6, 6.07) is 4.73. The molecule has 1 aliphatic carbocycles. The van der Waals surface area contributed by atoms with Gasteiger partial charge in [0.2, 0.25) is 0 Å². The van der Waals surface area contributed by atoms with Crippen LogP contribution in [-0.2, 0) is 0 Å². The van der Waals surface area contributed by atoms with Crippen molar-refractivity contribution in [3.63, 3.8) is 0 Å². The van der Waals surface area contributed by atoms with Crippen LogP contribution in [0.5, 0.6) is 0 Å². The molecule has 1 fully saturated rings. The van der Waals surface area contributed by atoms with Crippen molar-refractivity contribution in [1.29, 1.82) is 0 Å². The predicted molar refractivity (Wildman–Crippen MR) is 57.3 cm³/mol. The molecule has 1 atom stereocenters. The van der Waals surface area contributed by atoms with E-state index in [1.165, 1.54) is 12.8 Å². The Bertz CT molecular complexity index is 283. The first-order valence-corrected chi connectivity index (χ1v) is 5.69. The lowest BCUT2D eigenvalue weighted by atomic mass is 10.2. The van der Waals surface area contributed by atoms with Gasteiger partial charge in [-0.05, 0) is 25.0 Å². The van der Waals surface area contributed by atoms with E-state index < -0.39 is 0 Å². The predicted octanol–water partition coefficient (Wildman–Crippen LogP) is 2.15. The average Bonchev–Trinajstić information content (AvgIpc) is 2.84. The molecule has 13 heavy (non-hydrogen) atoms. The molecular weight excluding hydrogens is 204 g/mol. The van der Waals surface area contributed by atoms with Crippen LogP contribution in [0.2, 0.25) is 4.34 Å². The Morgan fingerprint density at radius 1 is 1.62 bits per heavy atom. The molecule has 0 aromatic carbocycles. The van der Waals surface area contributed by atoms with Gasteiger partial charge in [-0.1, -0.05) is 11.6 Å². The summed E-state index contributed by atoms with van der Waals surface area (Å²) in [5.74, 6) is 0. The third kappa shape index (κ3) is 2.68. The molecule has 0 aliphatic heterocycles. The molecule has 2 rings (SSSR count). The lowest BCUT2D eigenvalue weighted by molar-refractivity contribution is 0.601. The molecule has 72 valence electrons. The van der Waals surface area contributed by atoms with Crippen molar-refractivity contribution in [1.82, 2.24) is 5.32 Å². The first-order chi connectivity index (χ1) is 6.25. The van der Waals surface area contributed by atoms with Crippen LogP contribution in [0, 0.1) is 0 Å². The Labute approximate surface area is 87.1 Å². The van der Waals surface area contributed by atoms with Crippen LogP contribution >= 0.6 is 22.9 Å². The zero-order valence-electron chi connectivity index (χ0n) is 7.29. The number of thiophene rings is 1. The third-order valence-electron chi connectivity index (χ3n) is 2.16. The minimum Gasteiger partial charge on any atom is -0.322 e. The van der Waals surface area contributed by atoms with E-state index in [4.69, 9.17) is 17.3 Å². The van der Waals surface area contributed by atoms with E-state index in [0.717, 1.165) is 21.8 Å². The van der Waals surface area contributed by atoms with Crippen LogP contribution in [0.4, 0.5) is 0 Å². The molecule has 0 saturated heterocycles. The summed E-state index contributed by atoms with van der Waals surface area (Å²) in [5, 5.41) is 3.40. The molecule has 1 aromatic heterocycles. The summed E-state index contributed by atoms with van der Waals surface area (Å²) in [7, 11) is 0. The van der Waals surface area contributed by atoms with E-state index in [9.17, 15) is 0 Å². The van der Waals surface area contributed by atoms with E-state index in [1.807, 2.05) is 12.1 Å². The summed E-state index contributed by atoms with van der Waals surface area (Å²) in [6.45, 7) is 0.863. The van der Waals surface area contributed by atoms with Crippen LogP contribution < -0.4 is 11.1 Å². The summed E-state index contributed by atoms with van der Waals surface area (Å²) < 4.78 is 0.817. The highest BCUT2D eigenvalue weighted by Crippen LogP contribution is 2.26. The summed E-state index contributed by atoms with van der Waals surface area (Å²) in [4.78, 5) is 1.16. The molecule has 0 radical (unpaired) electrons. The number of hydrogen-bond donors (Lipinski definition) is 2. The molecule has 1 unspecified atom stereocenters. The highest BCUT2D eigenvalue weighted by Gasteiger charge is 2.21.